The molecular weight excluding hydrogens is 444 g/mol. The van der Waals surface area contributed by atoms with Crippen molar-refractivity contribution < 1.29 is 13.2 Å². The Kier molecular flexibility index (Phi) is 6.02. The van der Waals surface area contributed by atoms with E-state index in [0.29, 0.717) is 27.0 Å². The molecule has 0 spiro atoms. The third-order valence-corrected chi connectivity index (χ3v) is 7.00. The lowest BCUT2D eigenvalue weighted by Gasteiger charge is -2.11. The van der Waals surface area contributed by atoms with Crippen LogP contribution < -0.4 is 10.0 Å². The van der Waals surface area contributed by atoms with E-state index in [4.69, 9.17) is 0 Å². The Labute approximate surface area is 190 Å². The van der Waals surface area contributed by atoms with Crippen molar-refractivity contribution in [1.29, 1.82) is 0 Å². The largest absolute Gasteiger partial charge is 0.296 e. The maximum absolute atomic E-state index is 12.7. The van der Waals surface area contributed by atoms with Crippen LogP contribution in [0, 0.1) is 13.8 Å². The van der Waals surface area contributed by atoms with Crippen molar-refractivity contribution in [3.63, 3.8) is 0 Å². The third-order valence-electron chi connectivity index (χ3n) is 4.73. The van der Waals surface area contributed by atoms with Gasteiger partial charge in [-0.3, -0.25) is 14.8 Å². The van der Waals surface area contributed by atoms with E-state index in [2.05, 4.69) is 20.2 Å². The molecule has 4 aromatic rings. The molecule has 1 amide bonds. The molecule has 1 heterocycles. The molecule has 1 aromatic heterocycles. The van der Waals surface area contributed by atoms with Gasteiger partial charge in [-0.25, -0.2) is 8.42 Å². The summed E-state index contributed by atoms with van der Waals surface area (Å²) in [5, 5.41) is 12.0. The van der Waals surface area contributed by atoms with E-state index >= 15 is 0 Å². The fourth-order valence-electron chi connectivity index (χ4n) is 2.98. The number of benzene rings is 3. The summed E-state index contributed by atoms with van der Waals surface area (Å²) in [6.45, 7) is 3.75. The van der Waals surface area contributed by atoms with Crippen molar-refractivity contribution in [3.05, 3.63) is 89.5 Å². The van der Waals surface area contributed by atoms with Crippen molar-refractivity contribution in [3.8, 4) is 10.6 Å². The Morgan fingerprint density at radius 1 is 0.906 bits per heavy atom. The number of carbonyl (C=O) groups excluding carboxylic acids is 1. The van der Waals surface area contributed by atoms with Crippen LogP contribution in [0.4, 0.5) is 10.8 Å². The van der Waals surface area contributed by atoms with Crippen LogP contribution in [0.2, 0.25) is 0 Å². The summed E-state index contributed by atoms with van der Waals surface area (Å²) in [5.41, 5.74) is 3.49. The highest BCUT2D eigenvalue weighted by molar-refractivity contribution is 7.92. The number of aromatic nitrogens is 2. The van der Waals surface area contributed by atoms with Crippen LogP contribution in [0.15, 0.2) is 77.7 Å². The van der Waals surface area contributed by atoms with Crippen molar-refractivity contribution in [1.82, 2.24) is 10.2 Å². The highest BCUT2D eigenvalue weighted by atomic mass is 32.2. The molecule has 32 heavy (non-hydrogen) atoms. The van der Waals surface area contributed by atoms with Gasteiger partial charge in [-0.2, -0.15) is 0 Å². The molecule has 0 atom stereocenters. The lowest BCUT2D eigenvalue weighted by Crippen LogP contribution is -2.15. The number of nitrogens with one attached hydrogen (secondary N) is 2. The summed E-state index contributed by atoms with van der Waals surface area (Å²) in [5.74, 6) is -0.350. The molecule has 9 heteroatoms. The van der Waals surface area contributed by atoms with Gasteiger partial charge >= 0.3 is 0 Å². The van der Waals surface area contributed by atoms with Gasteiger partial charge in [-0.05, 0) is 49.7 Å². The van der Waals surface area contributed by atoms with Gasteiger partial charge < -0.3 is 0 Å². The van der Waals surface area contributed by atoms with Gasteiger partial charge in [0.15, 0.2) is 0 Å². The number of carbonyl (C=O) groups is 1. The topological polar surface area (TPSA) is 101 Å². The van der Waals surface area contributed by atoms with Gasteiger partial charge in [0.2, 0.25) is 5.13 Å². The van der Waals surface area contributed by atoms with Crippen molar-refractivity contribution in [2.24, 2.45) is 0 Å². The van der Waals surface area contributed by atoms with E-state index in [9.17, 15) is 13.2 Å². The van der Waals surface area contributed by atoms with Crippen LogP contribution in [0.5, 0.6) is 0 Å². The van der Waals surface area contributed by atoms with E-state index in [1.54, 1.807) is 43.3 Å². The second kappa shape index (κ2) is 8.89. The average molecular weight is 465 g/mol. The Balaban J connectivity index is 1.47. The van der Waals surface area contributed by atoms with Crippen LogP contribution in [-0.2, 0) is 10.0 Å². The van der Waals surface area contributed by atoms with Crippen molar-refractivity contribution >= 4 is 38.1 Å². The molecule has 0 bridgehead atoms. The molecule has 7 nitrogen and oxygen atoms in total. The quantitative estimate of drug-likeness (QED) is 0.424. The van der Waals surface area contributed by atoms with Crippen LogP contribution in [0.25, 0.3) is 10.6 Å². The summed E-state index contributed by atoms with van der Waals surface area (Å²) in [6, 6.07) is 20.8. The van der Waals surface area contributed by atoms with E-state index < -0.39 is 10.0 Å². The summed E-state index contributed by atoms with van der Waals surface area (Å²) in [6.07, 6.45) is 0. The molecule has 0 unspecified atom stereocenters. The minimum Gasteiger partial charge on any atom is -0.296 e. The molecule has 162 valence electrons. The molecule has 3 aromatic carbocycles. The van der Waals surface area contributed by atoms with Gasteiger partial charge in [0.25, 0.3) is 15.9 Å². The predicted molar refractivity (Wildman–Crippen MR) is 126 cm³/mol. The molecule has 0 radical (unpaired) electrons. The van der Waals surface area contributed by atoms with Gasteiger partial charge in [-0.1, -0.05) is 59.4 Å². The number of anilines is 2. The van der Waals surface area contributed by atoms with Crippen LogP contribution in [0.1, 0.15) is 21.5 Å². The van der Waals surface area contributed by atoms with Crippen molar-refractivity contribution in [2.45, 2.75) is 18.7 Å². The van der Waals surface area contributed by atoms with Gasteiger partial charge in [0, 0.05) is 11.1 Å². The lowest BCUT2D eigenvalue weighted by molar-refractivity contribution is 0.102. The van der Waals surface area contributed by atoms with Crippen LogP contribution in [0.3, 0.4) is 0 Å². The van der Waals surface area contributed by atoms with Gasteiger partial charge in [0.05, 0.1) is 10.6 Å². The van der Waals surface area contributed by atoms with E-state index in [1.807, 2.05) is 31.2 Å². The Morgan fingerprint density at radius 3 is 2.31 bits per heavy atom. The second-order valence-electron chi connectivity index (χ2n) is 7.18. The predicted octanol–water partition coefficient (Wildman–Crippen LogP) is 4.88. The molecule has 0 aliphatic heterocycles. The van der Waals surface area contributed by atoms with Crippen LogP contribution >= 0.6 is 11.3 Å². The summed E-state index contributed by atoms with van der Waals surface area (Å²) >= 11 is 1.28. The zero-order valence-electron chi connectivity index (χ0n) is 17.4. The van der Waals surface area contributed by atoms with E-state index in [0.717, 1.165) is 11.1 Å². The summed E-state index contributed by atoms with van der Waals surface area (Å²) in [4.78, 5) is 12.8. The molecule has 0 aliphatic rings. The minimum atomic E-state index is -3.71. The van der Waals surface area contributed by atoms with Crippen LogP contribution in [-0.4, -0.2) is 24.5 Å². The smallest absolute Gasteiger partial charge is 0.261 e. The minimum absolute atomic E-state index is 0.168. The molecule has 2 N–H and O–H groups in total. The van der Waals surface area contributed by atoms with Crippen molar-refractivity contribution in [2.75, 3.05) is 10.0 Å². The number of hydrogen-bond acceptors (Lipinski definition) is 6. The lowest BCUT2D eigenvalue weighted by atomic mass is 10.1. The molecule has 4 rings (SSSR count). The normalized spacial score (nSPS) is 11.2. The highest BCUT2D eigenvalue weighted by Crippen LogP contribution is 2.27. The molecule has 0 saturated heterocycles. The Morgan fingerprint density at radius 2 is 1.62 bits per heavy atom. The first kappa shape index (κ1) is 21.7. The van der Waals surface area contributed by atoms with Gasteiger partial charge in [-0.15, -0.1) is 10.2 Å². The third kappa shape index (κ3) is 4.84. The molecule has 0 aliphatic carbocycles. The summed E-state index contributed by atoms with van der Waals surface area (Å²) < 4.78 is 27.7. The zero-order chi connectivity index (χ0) is 22.7. The first-order valence-electron chi connectivity index (χ1n) is 9.72. The molecule has 0 saturated carbocycles. The number of nitrogens with zero attached hydrogens (tertiary/aromatic N) is 2. The molecule has 0 fully saturated rings. The standard InChI is InChI=1S/C23H20N4O3S2/c1-15-8-10-17(11-9-15)22-25-26-23(31-22)24-21(28)18-12-13-20(16(2)14-18)27-32(29,30)19-6-4-3-5-7-19/h3-14,27H,1-2H3,(H,24,26,28). The number of sulfonamides is 1. The Hall–Kier alpha value is -3.56. The highest BCUT2D eigenvalue weighted by Gasteiger charge is 2.16. The fraction of sp³-hybridized carbons (Fsp3) is 0.0870. The maximum atomic E-state index is 12.7. The Bertz CT molecular complexity index is 1370. The number of rotatable bonds is 6. The number of aryl methyl sites for hydroxylation is 2. The number of hydrogen-bond donors (Lipinski definition) is 2. The fourth-order valence-corrected chi connectivity index (χ4v) is 4.87. The monoisotopic (exact) mass is 464 g/mol. The van der Waals surface area contributed by atoms with Gasteiger partial charge in [0.1, 0.15) is 5.01 Å². The maximum Gasteiger partial charge on any atom is 0.261 e. The van der Waals surface area contributed by atoms with E-state index in [1.165, 1.54) is 23.5 Å². The SMILES string of the molecule is Cc1ccc(-c2nnc(NC(=O)c3ccc(NS(=O)(=O)c4ccccc4)c(C)c3)s2)cc1. The van der Waals surface area contributed by atoms with E-state index in [-0.39, 0.29) is 10.8 Å². The number of amides is 1. The average Bonchev–Trinajstić information content (AvgIpc) is 3.24. The first-order valence-corrected chi connectivity index (χ1v) is 12.0. The molecular formula is C23H20N4O3S2. The summed E-state index contributed by atoms with van der Waals surface area (Å²) in [7, 11) is -3.71. The second-order valence-corrected chi connectivity index (χ2v) is 9.84. The first-order chi connectivity index (χ1) is 15.3. The zero-order valence-corrected chi connectivity index (χ0v) is 19.0.